The standard InChI is InChI=1S/C18H23N3.2ClH/c1-14(2)13-18(21-11-9-19-10-12-21)17-8-7-15-5-3-4-6-16(15)20-17;;/h3-8,18-19H,1,9-13H2,2H3;2*1H/t18-;;/m1../s1. The van der Waals surface area contributed by atoms with E-state index in [1.54, 1.807) is 0 Å². The quantitative estimate of drug-likeness (QED) is 0.842. The van der Waals surface area contributed by atoms with Crippen molar-refractivity contribution < 1.29 is 0 Å². The molecule has 1 aliphatic heterocycles. The molecule has 1 fully saturated rings. The van der Waals surface area contributed by atoms with E-state index in [0.717, 1.165) is 38.1 Å². The number of halogens is 2. The Morgan fingerprint density at radius 1 is 1.17 bits per heavy atom. The van der Waals surface area contributed by atoms with Gasteiger partial charge in [-0.3, -0.25) is 9.88 Å². The third-order valence-corrected chi connectivity index (χ3v) is 4.10. The topological polar surface area (TPSA) is 28.2 Å². The minimum atomic E-state index is 0. The molecule has 0 radical (unpaired) electrons. The van der Waals surface area contributed by atoms with Gasteiger partial charge in [0.1, 0.15) is 0 Å². The van der Waals surface area contributed by atoms with Crippen molar-refractivity contribution >= 4 is 35.7 Å². The summed E-state index contributed by atoms with van der Waals surface area (Å²) in [4.78, 5) is 7.43. The first-order valence-electron chi connectivity index (χ1n) is 7.69. The molecule has 2 heterocycles. The highest BCUT2D eigenvalue weighted by molar-refractivity contribution is 5.85. The second-order valence-corrected chi connectivity index (χ2v) is 5.89. The first-order valence-corrected chi connectivity index (χ1v) is 7.69. The smallest absolute Gasteiger partial charge is 0.0706 e. The van der Waals surface area contributed by atoms with Crippen molar-refractivity contribution in [1.82, 2.24) is 15.2 Å². The molecule has 126 valence electrons. The van der Waals surface area contributed by atoms with E-state index in [1.165, 1.54) is 16.7 Å². The first-order chi connectivity index (χ1) is 10.2. The van der Waals surface area contributed by atoms with Crippen molar-refractivity contribution in [3.8, 4) is 0 Å². The summed E-state index contributed by atoms with van der Waals surface area (Å²) >= 11 is 0. The Bertz CT molecular complexity index is 639. The van der Waals surface area contributed by atoms with E-state index in [4.69, 9.17) is 4.98 Å². The van der Waals surface area contributed by atoms with E-state index in [-0.39, 0.29) is 24.8 Å². The highest BCUT2D eigenvalue weighted by atomic mass is 35.5. The van der Waals surface area contributed by atoms with Crippen molar-refractivity contribution in [2.24, 2.45) is 0 Å². The van der Waals surface area contributed by atoms with Crippen LogP contribution in [0.2, 0.25) is 0 Å². The summed E-state index contributed by atoms with van der Waals surface area (Å²) in [6, 6.07) is 13.0. The van der Waals surface area contributed by atoms with E-state index < -0.39 is 0 Å². The van der Waals surface area contributed by atoms with Gasteiger partial charge in [-0.2, -0.15) is 0 Å². The molecule has 1 N–H and O–H groups in total. The lowest BCUT2D eigenvalue weighted by Gasteiger charge is -2.35. The minimum Gasteiger partial charge on any atom is -0.314 e. The molecule has 0 unspecified atom stereocenters. The Morgan fingerprint density at radius 2 is 1.87 bits per heavy atom. The van der Waals surface area contributed by atoms with Gasteiger partial charge in [-0.15, -0.1) is 31.4 Å². The van der Waals surface area contributed by atoms with Gasteiger partial charge < -0.3 is 5.32 Å². The second-order valence-electron chi connectivity index (χ2n) is 5.89. The fraction of sp³-hybridized carbons (Fsp3) is 0.389. The molecule has 0 aliphatic carbocycles. The van der Waals surface area contributed by atoms with Crippen molar-refractivity contribution in [3.63, 3.8) is 0 Å². The predicted molar refractivity (Wildman–Crippen MR) is 103 cm³/mol. The summed E-state index contributed by atoms with van der Waals surface area (Å²) < 4.78 is 0. The largest absolute Gasteiger partial charge is 0.314 e. The third-order valence-electron chi connectivity index (χ3n) is 4.10. The van der Waals surface area contributed by atoms with Crippen LogP contribution in [0.4, 0.5) is 0 Å². The van der Waals surface area contributed by atoms with Gasteiger partial charge in [0.2, 0.25) is 0 Å². The summed E-state index contributed by atoms with van der Waals surface area (Å²) in [7, 11) is 0. The zero-order valence-electron chi connectivity index (χ0n) is 13.5. The number of nitrogens with one attached hydrogen (secondary N) is 1. The summed E-state index contributed by atoms with van der Waals surface area (Å²) in [6.45, 7) is 10.5. The molecule has 0 spiro atoms. The number of hydrogen-bond donors (Lipinski definition) is 1. The van der Waals surface area contributed by atoms with Crippen LogP contribution in [-0.2, 0) is 0 Å². The summed E-state index contributed by atoms with van der Waals surface area (Å²) in [6.07, 6.45) is 0.978. The van der Waals surface area contributed by atoms with Gasteiger partial charge in [0, 0.05) is 31.6 Å². The maximum Gasteiger partial charge on any atom is 0.0706 e. The van der Waals surface area contributed by atoms with Crippen molar-refractivity contribution in [2.45, 2.75) is 19.4 Å². The predicted octanol–water partition coefficient (Wildman–Crippen LogP) is 3.99. The van der Waals surface area contributed by atoms with Crippen LogP contribution in [-0.4, -0.2) is 36.1 Å². The molecule has 5 heteroatoms. The van der Waals surface area contributed by atoms with Crippen molar-refractivity contribution in [2.75, 3.05) is 26.2 Å². The number of benzene rings is 1. The maximum atomic E-state index is 4.90. The molecule has 1 aromatic heterocycles. The number of pyridine rings is 1. The molecule has 3 nitrogen and oxygen atoms in total. The molecule has 1 atom stereocenters. The molecule has 1 aromatic carbocycles. The number of hydrogen-bond acceptors (Lipinski definition) is 3. The van der Waals surface area contributed by atoms with Gasteiger partial charge in [0.15, 0.2) is 0 Å². The van der Waals surface area contributed by atoms with Crippen LogP contribution < -0.4 is 5.32 Å². The average Bonchev–Trinajstić information content (AvgIpc) is 2.53. The summed E-state index contributed by atoms with van der Waals surface area (Å²) in [5, 5.41) is 4.62. The van der Waals surface area contributed by atoms with E-state index in [0.29, 0.717) is 6.04 Å². The average molecular weight is 354 g/mol. The minimum absolute atomic E-state index is 0. The van der Waals surface area contributed by atoms with Crippen LogP contribution in [0.5, 0.6) is 0 Å². The number of rotatable bonds is 4. The molecule has 0 bridgehead atoms. The lowest BCUT2D eigenvalue weighted by molar-refractivity contribution is 0.169. The van der Waals surface area contributed by atoms with Crippen molar-refractivity contribution in [3.05, 3.63) is 54.2 Å². The number of fused-ring (bicyclic) bond motifs is 1. The van der Waals surface area contributed by atoms with E-state index >= 15 is 0 Å². The van der Waals surface area contributed by atoms with Gasteiger partial charge in [-0.05, 0) is 25.5 Å². The molecule has 3 rings (SSSR count). The van der Waals surface area contributed by atoms with Gasteiger partial charge in [-0.25, -0.2) is 0 Å². The van der Waals surface area contributed by atoms with E-state index in [9.17, 15) is 0 Å². The Balaban J connectivity index is 0.00000132. The monoisotopic (exact) mass is 353 g/mol. The first kappa shape index (κ1) is 19.9. The van der Waals surface area contributed by atoms with Gasteiger partial charge >= 0.3 is 0 Å². The third kappa shape index (κ3) is 4.92. The van der Waals surface area contributed by atoms with E-state index in [2.05, 4.69) is 60.1 Å². The Kier molecular flexibility index (Phi) is 8.00. The van der Waals surface area contributed by atoms with Crippen molar-refractivity contribution in [1.29, 1.82) is 0 Å². The Labute approximate surface area is 151 Å². The normalized spacial score (nSPS) is 16.2. The summed E-state index contributed by atoms with van der Waals surface area (Å²) in [5.41, 5.74) is 3.46. The van der Waals surface area contributed by atoms with Crippen LogP contribution in [0.15, 0.2) is 48.6 Å². The second kappa shape index (κ2) is 9.24. The molecule has 1 saturated heterocycles. The molecule has 0 amide bonds. The molecule has 1 aliphatic rings. The zero-order chi connectivity index (χ0) is 14.7. The Morgan fingerprint density at radius 3 is 2.57 bits per heavy atom. The maximum absolute atomic E-state index is 4.90. The number of piperazine rings is 1. The van der Waals surface area contributed by atoms with Crippen LogP contribution in [0.1, 0.15) is 25.1 Å². The number of para-hydroxylation sites is 1. The van der Waals surface area contributed by atoms with Gasteiger partial charge in [0.25, 0.3) is 0 Å². The highest BCUT2D eigenvalue weighted by Crippen LogP contribution is 2.27. The fourth-order valence-corrected chi connectivity index (χ4v) is 3.01. The lowest BCUT2D eigenvalue weighted by atomic mass is 10.0. The number of aromatic nitrogens is 1. The molecule has 23 heavy (non-hydrogen) atoms. The van der Waals surface area contributed by atoms with Gasteiger partial charge in [0.05, 0.1) is 17.3 Å². The van der Waals surface area contributed by atoms with Crippen LogP contribution >= 0.6 is 24.8 Å². The highest BCUT2D eigenvalue weighted by Gasteiger charge is 2.23. The fourth-order valence-electron chi connectivity index (χ4n) is 3.01. The van der Waals surface area contributed by atoms with Crippen LogP contribution in [0.25, 0.3) is 10.9 Å². The zero-order valence-corrected chi connectivity index (χ0v) is 15.1. The Hall–Kier alpha value is -1.13. The molecular formula is C18H25Cl2N3. The molecular weight excluding hydrogens is 329 g/mol. The van der Waals surface area contributed by atoms with Gasteiger partial charge in [-0.1, -0.05) is 29.8 Å². The molecule has 2 aromatic rings. The SMILES string of the molecule is C=C(C)C[C@H](c1ccc2ccccc2n1)N1CCNCC1.Cl.Cl. The van der Waals surface area contributed by atoms with Crippen LogP contribution in [0, 0.1) is 0 Å². The van der Waals surface area contributed by atoms with Crippen LogP contribution in [0.3, 0.4) is 0 Å². The number of nitrogens with zero attached hydrogens (tertiary/aromatic N) is 2. The van der Waals surface area contributed by atoms with E-state index in [1.807, 2.05) is 0 Å². The lowest BCUT2D eigenvalue weighted by Crippen LogP contribution is -2.45. The summed E-state index contributed by atoms with van der Waals surface area (Å²) in [5.74, 6) is 0. The molecule has 0 saturated carbocycles.